The van der Waals surface area contributed by atoms with Gasteiger partial charge in [-0.1, -0.05) is 0 Å². The van der Waals surface area contributed by atoms with Crippen molar-refractivity contribution < 1.29 is 9.50 Å². The maximum atomic E-state index is 12.5. The molecular weight excluding hydrogens is 195 g/mol. The number of hydrogen-bond acceptors (Lipinski definition) is 2. The summed E-state index contributed by atoms with van der Waals surface area (Å²) in [5.74, 6) is 0.151. The highest BCUT2D eigenvalue weighted by Gasteiger charge is 2.08. The van der Waals surface area contributed by atoms with Crippen LogP contribution in [0, 0.1) is 0 Å². The van der Waals surface area contributed by atoms with Crippen molar-refractivity contribution in [2.75, 3.05) is 6.54 Å². The molecule has 3 nitrogen and oxygen atoms in total. The summed E-state index contributed by atoms with van der Waals surface area (Å²) < 4.78 is 12.5. The molecule has 0 radical (unpaired) electrons. The second-order valence-electron chi connectivity index (χ2n) is 3.27. The molecule has 0 saturated heterocycles. The summed E-state index contributed by atoms with van der Waals surface area (Å²) >= 11 is 0. The van der Waals surface area contributed by atoms with Gasteiger partial charge in [-0.2, -0.15) is 0 Å². The fourth-order valence-electron chi connectivity index (χ4n) is 1.59. The second-order valence-corrected chi connectivity index (χ2v) is 3.27. The fourth-order valence-corrected chi connectivity index (χ4v) is 1.59. The first-order valence-electron chi connectivity index (χ1n) is 4.56. The molecule has 4 heteroatoms. The molecule has 15 heavy (non-hydrogen) atoms. The average Bonchev–Trinajstić information content (AvgIpc) is 2.64. The minimum absolute atomic E-state index is 0.124. The normalized spacial score (nSPS) is 12.3. The molecule has 1 aromatic heterocycles. The Hall–Kier alpha value is -1.81. The van der Waals surface area contributed by atoms with E-state index >= 15 is 0 Å². The highest BCUT2D eigenvalue weighted by molar-refractivity contribution is 5.93. The lowest BCUT2D eigenvalue weighted by molar-refractivity contribution is 0.476. The van der Waals surface area contributed by atoms with Gasteiger partial charge >= 0.3 is 0 Å². The van der Waals surface area contributed by atoms with Crippen molar-refractivity contribution in [3.05, 3.63) is 36.3 Å². The smallest absolute Gasteiger partial charge is 0.116 e. The minimum atomic E-state index is 0.124. The van der Waals surface area contributed by atoms with E-state index in [4.69, 9.17) is 5.73 Å². The van der Waals surface area contributed by atoms with Crippen molar-refractivity contribution in [3.8, 4) is 5.75 Å². The first-order valence-corrected chi connectivity index (χ1v) is 4.56. The molecule has 0 aliphatic carbocycles. The van der Waals surface area contributed by atoms with Crippen molar-refractivity contribution in [2.24, 2.45) is 5.73 Å². The molecule has 0 unspecified atom stereocenters. The Morgan fingerprint density at radius 2 is 2.33 bits per heavy atom. The van der Waals surface area contributed by atoms with Crippen LogP contribution in [0.5, 0.6) is 5.75 Å². The van der Waals surface area contributed by atoms with Gasteiger partial charge in [0.05, 0.1) is 6.33 Å². The molecule has 2 rings (SSSR count). The molecule has 0 fully saturated rings. The number of halogens is 1. The van der Waals surface area contributed by atoms with Gasteiger partial charge in [0.1, 0.15) is 5.75 Å². The lowest BCUT2D eigenvalue weighted by Gasteiger charge is -2.00. The summed E-state index contributed by atoms with van der Waals surface area (Å²) in [5, 5.41) is 10.1. The van der Waals surface area contributed by atoms with Gasteiger partial charge in [-0.25, -0.2) is 4.39 Å². The first-order chi connectivity index (χ1) is 7.26. The van der Waals surface area contributed by atoms with E-state index in [1.54, 1.807) is 24.4 Å². The molecule has 1 heterocycles. The number of benzene rings is 1. The number of fused-ring (bicyclic) bond motifs is 1. The second kappa shape index (κ2) is 3.74. The third-order valence-corrected chi connectivity index (χ3v) is 2.36. The van der Waals surface area contributed by atoms with Crippen molar-refractivity contribution in [3.63, 3.8) is 0 Å². The number of H-pyrrole nitrogens is 1. The first kappa shape index (κ1) is 9.73. The van der Waals surface area contributed by atoms with Gasteiger partial charge in [0.15, 0.2) is 0 Å². The molecule has 0 aliphatic heterocycles. The number of aromatic hydroxyl groups is 1. The number of aromatic amines is 1. The van der Waals surface area contributed by atoms with E-state index in [1.165, 1.54) is 0 Å². The molecule has 0 bridgehead atoms. The van der Waals surface area contributed by atoms with Crippen molar-refractivity contribution in [1.29, 1.82) is 0 Å². The molecule has 4 N–H and O–H groups in total. The van der Waals surface area contributed by atoms with E-state index in [9.17, 15) is 9.50 Å². The summed E-state index contributed by atoms with van der Waals surface area (Å²) in [6, 6.07) is 4.89. The van der Waals surface area contributed by atoms with Crippen LogP contribution in [0.4, 0.5) is 4.39 Å². The Balaban J connectivity index is 2.66. The van der Waals surface area contributed by atoms with E-state index in [0.29, 0.717) is 17.5 Å². The quantitative estimate of drug-likeness (QED) is 0.705. The van der Waals surface area contributed by atoms with Crippen LogP contribution in [-0.4, -0.2) is 16.6 Å². The highest BCUT2D eigenvalue weighted by atomic mass is 19.1. The zero-order valence-corrected chi connectivity index (χ0v) is 8.00. The van der Waals surface area contributed by atoms with Crippen molar-refractivity contribution in [1.82, 2.24) is 4.98 Å². The van der Waals surface area contributed by atoms with Crippen LogP contribution < -0.4 is 5.73 Å². The van der Waals surface area contributed by atoms with Crippen molar-refractivity contribution >= 4 is 16.5 Å². The Morgan fingerprint density at radius 1 is 1.53 bits per heavy atom. The maximum absolute atomic E-state index is 12.5. The molecule has 78 valence electrons. The number of rotatable bonds is 2. The third-order valence-electron chi connectivity index (χ3n) is 2.36. The number of phenolic OH excluding ortho intramolecular Hbond substituents is 1. The topological polar surface area (TPSA) is 62.0 Å². The Kier molecular flexibility index (Phi) is 2.43. The molecule has 1 aromatic carbocycles. The Bertz CT molecular complexity index is 516. The molecule has 0 atom stereocenters. The number of aromatic nitrogens is 1. The van der Waals surface area contributed by atoms with Crippen LogP contribution in [-0.2, 0) is 0 Å². The van der Waals surface area contributed by atoms with E-state index in [2.05, 4.69) is 4.98 Å². The number of phenols is 1. The van der Waals surface area contributed by atoms with Gasteiger partial charge in [-0.3, -0.25) is 0 Å². The van der Waals surface area contributed by atoms with E-state index < -0.39 is 0 Å². The lowest BCUT2D eigenvalue weighted by atomic mass is 10.1. The van der Waals surface area contributed by atoms with E-state index in [1.807, 2.05) is 0 Å². The zero-order chi connectivity index (χ0) is 10.8. The average molecular weight is 206 g/mol. The van der Waals surface area contributed by atoms with Gasteiger partial charge in [0.2, 0.25) is 0 Å². The fraction of sp³-hybridized carbons (Fsp3) is 0.0909. The van der Waals surface area contributed by atoms with Crippen LogP contribution in [0.2, 0.25) is 0 Å². The molecule has 0 aliphatic rings. The molecule has 0 spiro atoms. The standard InChI is InChI=1S/C11H11FN2O/c12-4-7(5-13)10-6-14-11-2-1-8(15)3-9(10)11/h1-4,6,14-15H,5,13H2. The predicted octanol–water partition coefficient (Wildman–Crippen LogP) is 2.14. The zero-order valence-electron chi connectivity index (χ0n) is 8.00. The van der Waals surface area contributed by atoms with Gasteiger partial charge < -0.3 is 15.8 Å². The Morgan fingerprint density at radius 3 is 3.00 bits per heavy atom. The van der Waals surface area contributed by atoms with Crippen LogP contribution in [0.3, 0.4) is 0 Å². The largest absolute Gasteiger partial charge is 0.508 e. The minimum Gasteiger partial charge on any atom is -0.508 e. The van der Waals surface area contributed by atoms with Gasteiger partial charge in [0, 0.05) is 34.8 Å². The molecular formula is C11H11FN2O. The van der Waals surface area contributed by atoms with Gasteiger partial charge in [0.25, 0.3) is 0 Å². The lowest BCUT2D eigenvalue weighted by Crippen LogP contribution is -2.01. The monoisotopic (exact) mass is 206 g/mol. The number of nitrogens with one attached hydrogen (secondary N) is 1. The van der Waals surface area contributed by atoms with Crippen molar-refractivity contribution in [2.45, 2.75) is 0 Å². The highest BCUT2D eigenvalue weighted by Crippen LogP contribution is 2.27. The van der Waals surface area contributed by atoms with Gasteiger partial charge in [-0.15, -0.1) is 0 Å². The SMILES string of the molecule is NCC(=CF)c1c[nH]c2ccc(O)cc12. The molecule has 0 saturated carbocycles. The van der Waals surface area contributed by atoms with Gasteiger partial charge in [-0.05, 0) is 18.2 Å². The van der Waals surface area contributed by atoms with Crippen LogP contribution in [0.25, 0.3) is 16.5 Å². The van der Waals surface area contributed by atoms with E-state index in [0.717, 1.165) is 10.9 Å². The number of hydrogen-bond donors (Lipinski definition) is 3. The molecule has 0 amide bonds. The summed E-state index contributed by atoms with van der Waals surface area (Å²) in [5.41, 5.74) is 7.36. The molecule has 2 aromatic rings. The summed E-state index contributed by atoms with van der Waals surface area (Å²) in [6.45, 7) is 0.124. The summed E-state index contributed by atoms with van der Waals surface area (Å²) in [6.07, 6.45) is 2.18. The van der Waals surface area contributed by atoms with Crippen LogP contribution in [0.1, 0.15) is 5.56 Å². The maximum Gasteiger partial charge on any atom is 0.116 e. The number of nitrogens with two attached hydrogens (primary N) is 1. The predicted molar refractivity (Wildman–Crippen MR) is 58.1 cm³/mol. The summed E-state index contributed by atoms with van der Waals surface area (Å²) in [7, 11) is 0. The van der Waals surface area contributed by atoms with Crippen LogP contribution in [0.15, 0.2) is 30.7 Å². The van der Waals surface area contributed by atoms with Crippen LogP contribution >= 0.6 is 0 Å². The summed E-state index contributed by atoms with van der Waals surface area (Å²) in [4.78, 5) is 2.99. The van der Waals surface area contributed by atoms with E-state index in [-0.39, 0.29) is 12.3 Å². The Labute approximate surface area is 86.0 Å². The third kappa shape index (κ3) is 1.59.